The first-order valence-electron chi connectivity index (χ1n) is 6.62. The third kappa shape index (κ3) is 1.87. The Morgan fingerprint density at radius 1 is 1.15 bits per heavy atom. The van der Waals surface area contributed by atoms with Crippen molar-refractivity contribution in [1.29, 1.82) is 0 Å². The van der Waals surface area contributed by atoms with Crippen LogP contribution in [0, 0.1) is 0 Å². The first kappa shape index (κ1) is 12.1. The van der Waals surface area contributed by atoms with Crippen LogP contribution in [0.4, 0.5) is 0 Å². The van der Waals surface area contributed by atoms with Crippen molar-refractivity contribution in [2.75, 3.05) is 6.61 Å². The lowest BCUT2D eigenvalue weighted by atomic mass is 9.94. The first-order chi connectivity index (χ1) is 9.83. The van der Waals surface area contributed by atoms with Gasteiger partial charge in [0.1, 0.15) is 5.65 Å². The predicted octanol–water partition coefficient (Wildman–Crippen LogP) is 3.76. The van der Waals surface area contributed by atoms with E-state index in [0.717, 1.165) is 15.8 Å². The number of fused-ring (bicyclic) bond motifs is 3. The van der Waals surface area contributed by atoms with Crippen LogP contribution in [0.1, 0.15) is 22.9 Å². The molecule has 1 aliphatic heterocycles. The average Bonchev–Trinajstić information content (AvgIpc) is 2.86. The molecule has 0 saturated carbocycles. The molecule has 0 fully saturated rings. The molecule has 3 aromatic rings. The Morgan fingerprint density at radius 3 is 2.85 bits per heavy atom. The molecule has 1 aliphatic rings. The predicted molar refractivity (Wildman–Crippen MR) is 80.8 cm³/mol. The minimum atomic E-state index is 0.240. The standard InChI is InChI=1S/C16H13BrN2O/c17-12-6-7-15-18-14-10-20-9-13(16(14)19(15)8-12)11-4-2-1-3-5-11/h1-8,13H,9-10H2/t13-/m1/s1. The summed E-state index contributed by atoms with van der Waals surface area (Å²) in [5, 5.41) is 0. The summed E-state index contributed by atoms with van der Waals surface area (Å²) in [6.07, 6.45) is 2.09. The number of nitrogens with zero attached hydrogens (tertiary/aromatic N) is 2. The van der Waals surface area contributed by atoms with Crippen molar-refractivity contribution in [3.05, 3.63) is 70.1 Å². The molecule has 0 radical (unpaired) electrons. The van der Waals surface area contributed by atoms with Gasteiger partial charge in [0.25, 0.3) is 0 Å². The van der Waals surface area contributed by atoms with Gasteiger partial charge in [-0.3, -0.25) is 0 Å². The second-order valence-corrected chi connectivity index (χ2v) is 5.91. The molecular formula is C16H13BrN2O. The van der Waals surface area contributed by atoms with Gasteiger partial charge in [0.2, 0.25) is 0 Å². The number of benzene rings is 1. The highest BCUT2D eigenvalue weighted by atomic mass is 79.9. The average molecular weight is 329 g/mol. The van der Waals surface area contributed by atoms with Crippen LogP contribution in [0.3, 0.4) is 0 Å². The topological polar surface area (TPSA) is 26.5 Å². The van der Waals surface area contributed by atoms with Crippen LogP contribution in [-0.2, 0) is 11.3 Å². The lowest BCUT2D eigenvalue weighted by Crippen LogP contribution is -2.19. The number of rotatable bonds is 1. The van der Waals surface area contributed by atoms with Gasteiger partial charge >= 0.3 is 0 Å². The summed E-state index contributed by atoms with van der Waals surface area (Å²) < 4.78 is 8.97. The maximum Gasteiger partial charge on any atom is 0.137 e. The Hall–Kier alpha value is -1.65. The molecule has 4 rings (SSSR count). The zero-order chi connectivity index (χ0) is 13.5. The molecule has 0 spiro atoms. The number of imidazole rings is 1. The summed E-state index contributed by atoms with van der Waals surface area (Å²) in [5.74, 6) is 0.240. The lowest BCUT2D eigenvalue weighted by molar-refractivity contribution is 0.0955. The molecule has 0 aliphatic carbocycles. The summed E-state index contributed by atoms with van der Waals surface area (Å²) in [6, 6.07) is 14.5. The van der Waals surface area contributed by atoms with E-state index < -0.39 is 0 Å². The van der Waals surface area contributed by atoms with Crippen LogP contribution in [0.5, 0.6) is 0 Å². The fraction of sp³-hybridized carbons (Fsp3) is 0.188. The van der Waals surface area contributed by atoms with Gasteiger partial charge in [-0.1, -0.05) is 30.3 Å². The molecule has 0 bridgehead atoms. The van der Waals surface area contributed by atoms with Crippen molar-refractivity contribution < 1.29 is 4.74 Å². The molecule has 0 unspecified atom stereocenters. The third-order valence-electron chi connectivity index (χ3n) is 3.75. The minimum Gasteiger partial charge on any atom is -0.374 e. The fourth-order valence-corrected chi connectivity index (χ4v) is 3.19. The van der Waals surface area contributed by atoms with E-state index in [2.05, 4.69) is 55.8 Å². The Bertz CT molecular complexity index is 767. The van der Waals surface area contributed by atoms with Gasteiger partial charge in [0.05, 0.1) is 30.5 Å². The van der Waals surface area contributed by atoms with Crippen molar-refractivity contribution in [1.82, 2.24) is 9.38 Å². The smallest absolute Gasteiger partial charge is 0.137 e. The maximum absolute atomic E-state index is 5.74. The normalized spacial score (nSPS) is 18.1. The van der Waals surface area contributed by atoms with Crippen LogP contribution in [0.15, 0.2) is 53.1 Å². The third-order valence-corrected chi connectivity index (χ3v) is 4.22. The largest absolute Gasteiger partial charge is 0.374 e. The van der Waals surface area contributed by atoms with Gasteiger partial charge in [-0.2, -0.15) is 0 Å². The van der Waals surface area contributed by atoms with E-state index in [0.29, 0.717) is 13.2 Å². The van der Waals surface area contributed by atoms with Crippen LogP contribution >= 0.6 is 15.9 Å². The van der Waals surface area contributed by atoms with E-state index in [-0.39, 0.29) is 5.92 Å². The molecule has 1 atom stereocenters. The van der Waals surface area contributed by atoms with Crippen LogP contribution < -0.4 is 0 Å². The van der Waals surface area contributed by atoms with Crippen molar-refractivity contribution in [2.24, 2.45) is 0 Å². The summed E-state index contributed by atoms with van der Waals surface area (Å²) >= 11 is 3.54. The molecule has 1 aromatic carbocycles. The first-order valence-corrected chi connectivity index (χ1v) is 7.41. The number of pyridine rings is 1. The highest BCUT2D eigenvalue weighted by Crippen LogP contribution is 2.33. The lowest BCUT2D eigenvalue weighted by Gasteiger charge is -2.23. The summed E-state index contributed by atoms with van der Waals surface area (Å²) in [5.41, 5.74) is 4.54. The van der Waals surface area contributed by atoms with Crippen molar-refractivity contribution in [3.63, 3.8) is 0 Å². The second kappa shape index (κ2) is 4.72. The van der Waals surface area contributed by atoms with E-state index in [4.69, 9.17) is 4.74 Å². The molecule has 2 aromatic heterocycles. The van der Waals surface area contributed by atoms with Crippen LogP contribution in [0.25, 0.3) is 5.65 Å². The van der Waals surface area contributed by atoms with Crippen molar-refractivity contribution >= 4 is 21.6 Å². The molecule has 20 heavy (non-hydrogen) atoms. The van der Waals surface area contributed by atoms with E-state index in [1.54, 1.807) is 0 Å². The molecule has 0 saturated heterocycles. The Labute approximate surface area is 125 Å². The van der Waals surface area contributed by atoms with Crippen molar-refractivity contribution in [2.45, 2.75) is 12.5 Å². The highest BCUT2D eigenvalue weighted by Gasteiger charge is 2.27. The zero-order valence-corrected chi connectivity index (χ0v) is 12.4. The van der Waals surface area contributed by atoms with E-state index in [1.807, 2.05) is 18.2 Å². The minimum absolute atomic E-state index is 0.240. The maximum atomic E-state index is 5.74. The summed E-state index contributed by atoms with van der Waals surface area (Å²) in [4.78, 5) is 4.69. The Morgan fingerprint density at radius 2 is 2.00 bits per heavy atom. The fourth-order valence-electron chi connectivity index (χ4n) is 2.85. The molecule has 3 heterocycles. The molecule has 100 valence electrons. The van der Waals surface area contributed by atoms with E-state index in [1.165, 1.54) is 11.3 Å². The molecule has 0 N–H and O–H groups in total. The Balaban J connectivity index is 1.95. The van der Waals surface area contributed by atoms with Crippen molar-refractivity contribution in [3.8, 4) is 0 Å². The SMILES string of the molecule is Brc1ccc2nc3c(n2c1)[C@@H](c1ccccc1)COC3. The van der Waals surface area contributed by atoms with Crippen LogP contribution in [-0.4, -0.2) is 16.0 Å². The highest BCUT2D eigenvalue weighted by molar-refractivity contribution is 9.10. The number of hydrogen-bond acceptors (Lipinski definition) is 2. The zero-order valence-electron chi connectivity index (χ0n) is 10.8. The van der Waals surface area contributed by atoms with Crippen LogP contribution in [0.2, 0.25) is 0 Å². The summed E-state index contributed by atoms with van der Waals surface area (Å²) in [7, 11) is 0. The number of halogens is 1. The number of hydrogen-bond donors (Lipinski definition) is 0. The van der Waals surface area contributed by atoms with Gasteiger partial charge in [-0.15, -0.1) is 0 Å². The quantitative estimate of drug-likeness (QED) is 0.680. The van der Waals surface area contributed by atoms with Gasteiger partial charge in [-0.05, 0) is 33.6 Å². The van der Waals surface area contributed by atoms with Gasteiger partial charge in [-0.25, -0.2) is 4.98 Å². The molecular weight excluding hydrogens is 316 g/mol. The van der Waals surface area contributed by atoms with Gasteiger partial charge in [0, 0.05) is 10.7 Å². The summed E-state index contributed by atoms with van der Waals surface area (Å²) in [6.45, 7) is 1.30. The monoisotopic (exact) mass is 328 g/mol. The molecule has 3 nitrogen and oxygen atoms in total. The van der Waals surface area contributed by atoms with E-state index >= 15 is 0 Å². The van der Waals surface area contributed by atoms with Gasteiger partial charge in [0.15, 0.2) is 0 Å². The second-order valence-electron chi connectivity index (χ2n) is 5.00. The van der Waals surface area contributed by atoms with E-state index in [9.17, 15) is 0 Å². The molecule has 4 heteroatoms. The number of ether oxygens (including phenoxy) is 1. The number of aromatic nitrogens is 2. The van der Waals surface area contributed by atoms with Gasteiger partial charge < -0.3 is 9.14 Å². The molecule has 0 amide bonds. The Kier molecular flexibility index (Phi) is 2.86.